The number of amides is 2. The second-order valence-corrected chi connectivity index (χ2v) is 6.92. The van der Waals surface area contributed by atoms with E-state index in [-0.39, 0.29) is 17.9 Å². The smallest absolute Gasteiger partial charge is 0.254 e. The lowest BCUT2D eigenvalue weighted by molar-refractivity contribution is 0.0588. The first-order valence-corrected chi connectivity index (χ1v) is 9.25. The van der Waals surface area contributed by atoms with Crippen molar-refractivity contribution in [3.05, 3.63) is 53.7 Å². The van der Waals surface area contributed by atoms with Crippen molar-refractivity contribution in [3.8, 4) is 11.6 Å². The summed E-state index contributed by atoms with van der Waals surface area (Å²) in [6.45, 7) is 1.26. The molecule has 1 aromatic carbocycles. The third kappa shape index (κ3) is 4.60. The number of likely N-dealkylation sites (tertiary alicyclic amines) is 1. The maximum atomic E-state index is 12.6. The predicted molar refractivity (Wildman–Crippen MR) is 105 cm³/mol. The average Bonchev–Trinajstić information content (AvgIpc) is 2.74. The Morgan fingerprint density at radius 1 is 1.04 bits per heavy atom. The number of nitrogens with zero attached hydrogens (tertiary/aromatic N) is 3. The maximum Gasteiger partial charge on any atom is 0.254 e. The number of aromatic nitrogens is 1. The number of ether oxygens (including phenoxy) is 2. The van der Waals surface area contributed by atoms with E-state index >= 15 is 0 Å². The minimum atomic E-state index is -0.0931. The predicted octanol–water partition coefficient (Wildman–Crippen LogP) is 2.48. The van der Waals surface area contributed by atoms with E-state index in [9.17, 15) is 9.59 Å². The van der Waals surface area contributed by atoms with Gasteiger partial charge in [-0.25, -0.2) is 4.98 Å². The second-order valence-electron chi connectivity index (χ2n) is 6.92. The molecule has 148 valence electrons. The molecule has 2 aromatic rings. The SMILES string of the molecule is COc1ccc(C(=O)N2CCC(Oc3ccc(C(=O)N(C)C)cn3)CC2)cc1. The lowest BCUT2D eigenvalue weighted by Gasteiger charge is -2.32. The summed E-state index contributed by atoms with van der Waals surface area (Å²) in [6, 6.07) is 10.6. The molecule has 3 rings (SSSR count). The Kier molecular flexibility index (Phi) is 6.13. The number of carbonyl (C=O) groups excluding carboxylic acids is 2. The molecule has 1 aliphatic heterocycles. The van der Waals surface area contributed by atoms with Gasteiger partial charge < -0.3 is 19.3 Å². The van der Waals surface area contributed by atoms with Crippen molar-refractivity contribution in [2.45, 2.75) is 18.9 Å². The monoisotopic (exact) mass is 383 g/mol. The van der Waals surface area contributed by atoms with Crippen molar-refractivity contribution >= 4 is 11.8 Å². The van der Waals surface area contributed by atoms with Gasteiger partial charge in [0.1, 0.15) is 11.9 Å². The third-order valence-corrected chi connectivity index (χ3v) is 4.74. The fourth-order valence-corrected chi connectivity index (χ4v) is 3.10. The van der Waals surface area contributed by atoms with Crippen LogP contribution in [0.4, 0.5) is 0 Å². The zero-order chi connectivity index (χ0) is 20.1. The molecule has 0 bridgehead atoms. The summed E-state index contributed by atoms with van der Waals surface area (Å²) < 4.78 is 11.1. The van der Waals surface area contributed by atoms with E-state index in [0.29, 0.717) is 30.1 Å². The molecule has 0 spiro atoms. The number of carbonyl (C=O) groups is 2. The summed E-state index contributed by atoms with van der Waals surface area (Å²) in [7, 11) is 5.01. The topological polar surface area (TPSA) is 72.0 Å². The standard InChI is InChI=1S/C21H25N3O4/c1-23(2)20(25)16-6-9-19(22-14-16)28-18-10-12-24(13-11-18)21(26)15-4-7-17(27-3)8-5-15/h4-9,14,18H,10-13H2,1-3H3. The third-order valence-electron chi connectivity index (χ3n) is 4.74. The van der Waals surface area contributed by atoms with Crippen LogP contribution in [0.3, 0.4) is 0 Å². The van der Waals surface area contributed by atoms with Gasteiger partial charge in [-0.05, 0) is 30.3 Å². The van der Waals surface area contributed by atoms with Crippen LogP contribution in [0.5, 0.6) is 11.6 Å². The first-order chi connectivity index (χ1) is 13.5. The van der Waals surface area contributed by atoms with Gasteiger partial charge in [-0.1, -0.05) is 0 Å². The van der Waals surface area contributed by atoms with Gasteiger partial charge in [-0.15, -0.1) is 0 Å². The molecular weight excluding hydrogens is 358 g/mol. The van der Waals surface area contributed by atoms with E-state index in [1.807, 2.05) is 4.90 Å². The van der Waals surface area contributed by atoms with E-state index in [0.717, 1.165) is 18.6 Å². The van der Waals surface area contributed by atoms with E-state index < -0.39 is 0 Å². The molecular formula is C21H25N3O4. The van der Waals surface area contributed by atoms with E-state index in [1.165, 1.54) is 11.1 Å². The van der Waals surface area contributed by atoms with Crippen LogP contribution in [0.2, 0.25) is 0 Å². The van der Waals surface area contributed by atoms with Gasteiger partial charge in [0.25, 0.3) is 11.8 Å². The lowest BCUT2D eigenvalue weighted by Crippen LogP contribution is -2.41. The molecule has 28 heavy (non-hydrogen) atoms. The Morgan fingerprint density at radius 2 is 1.68 bits per heavy atom. The molecule has 0 atom stereocenters. The molecule has 7 nitrogen and oxygen atoms in total. The first kappa shape index (κ1) is 19.7. The van der Waals surface area contributed by atoms with Crippen molar-refractivity contribution in [2.75, 3.05) is 34.3 Å². The molecule has 2 heterocycles. The molecule has 1 saturated heterocycles. The summed E-state index contributed by atoms with van der Waals surface area (Å²) in [4.78, 5) is 32.1. The second kappa shape index (κ2) is 8.73. The highest BCUT2D eigenvalue weighted by Crippen LogP contribution is 2.20. The van der Waals surface area contributed by atoms with Crippen molar-refractivity contribution in [1.29, 1.82) is 0 Å². The highest BCUT2D eigenvalue weighted by atomic mass is 16.5. The van der Waals surface area contributed by atoms with Crippen LogP contribution in [0.1, 0.15) is 33.6 Å². The quantitative estimate of drug-likeness (QED) is 0.793. The van der Waals surface area contributed by atoms with Gasteiger partial charge in [0.05, 0.1) is 12.7 Å². The number of piperidine rings is 1. The summed E-state index contributed by atoms with van der Waals surface area (Å²) in [5, 5.41) is 0. The zero-order valence-corrected chi connectivity index (χ0v) is 16.4. The molecule has 0 saturated carbocycles. The molecule has 1 fully saturated rings. The van der Waals surface area contributed by atoms with Crippen LogP contribution in [-0.2, 0) is 0 Å². The minimum Gasteiger partial charge on any atom is -0.497 e. The summed E-state index contributed by atoms with van der Waals surface area (Å²) in [5.41, 5.74) is 1.18. The van der Waals surface area contributed by atoms with E-state index in [1.54, 1.807) is 57.6 Å². The van der Waals surface area contributed by atoms with Crippen LogP contribution in [0, 0.1) is 0 Å². The van der Waals surface area contributed by atoms with Gasteiger partial charge in [0.15, 0.2) is 0 Å². The van der Waals surface area contributed by atoms with Crippen LogP contribution in [0.15, 0.2) is 42.6 Å². The molecule has 0 unspecified atom stereocenters. The molecule has 1 aliphatic rings. The number of methoxy groups -OCH3 is 1. The fraction of sp³-hybridized carbons (Fsp3) is 0.381. The molecule has 1 aromatic heterocycles. The van der Waals surface area contributed by atoms with Crippen molar-refractivity contribution in [2.24, 2.45) is 0 Å². The summed E-state index contributed by atoms with van der Waals surface area (Å²) >= 11 is 0. The Hall–Kier alpha value is -3.09. The van der Waals surface area contributed by atoms with Gasteiger partial charge in [0, 0.05) is 57.9 Å². The normalized spacial score (nSPS) is 14.5. The Labute approximate surface area is 164 Å². The number of hydrogen-bond donors (Lipinski definition) is 0. The fourth-order valence-electron chi connectivity index (χ4n) is 3.10. The number of rotatable bonds is 5. The summed E-state index contributed by atoms with van der Waals surface area (Å²) in [6.07, 6.45) is 3.01. The number of benzene rings is 1. The van der Waals surface area contributed by atoms with Crippen LogP contribution < -0.4 is 9.47 Å². The molecule has 7 heteroatoms. The van der Waals surface area contributed by atoms with E-state index in [4.69, 9.17) is 9.47 Å². The Morgan fingerprint density at radius 3 is 2.21 bits per heavy atom. The molecule has 2 amide bonds. The molecule has 0 radical (unpaired) electrons. The van der Waals surface area contributed by atoms with Gasteiger partial charge in [0.2, 0.25) is 5.88 Å². The zero-order valence-electron chi connectivity index (χ0n) is 16.4. The van der Waals surface area contributed by atoms with Gasteiger partial charge >= 0.3 is 0 Å². The average molecular weight is 383 g/mol. The largest absolute Gasteiger partial charge is 0.497 e. The van der Waals surface area contributed by atoms with Crippen molar-refractivity contribution in [1.82, 2.24) is 14.8 Å². The minimum absolute atomic E-state index is 0.00261. The van der Waals surface area contributed by atoms with Crippen molar-refractivity contribution < 1.29 is 19.1 Å². The molecule has 0 N–H and O–H groups in total. The van der Waals surface area contributed by atoms with Crippen molar-refractivity contribution in [3.63, 3.8) is 0 Å². The first-order valence-electron chi connectivity index (χ1n) is 9.25. The highest BCUT2D eigenvalue weighted by Gasteiger charge is 2.25. The van der Waals surface area contributed by atoms with Crippen LogP contribution in [0.25, 0.3) is 0 Å². The van der Waals surface area contributed by atoms with Crippen LogP contribution >= 0.6 is 0 Å². The lowest BCUT2D eigenvalue weighted by atomic mass is 10.1. The Balaban J connectivity index is 1.52. The Bertz CT molecular complexity index is 811. The van der Waals surface area contributed by atoms with Gasteiger partial charge in [-0.3, -0.25) is 9.59 Å². The number of pyridine rings is 1. The highest BCUT2D eigenvalue weighted by molar-refractivity contribution is 5.94. The van der Waals surface area contributed by atoms with E-state index in [2.05, 4.69) is 4.98 Å². The van der Waals surface area contributed by atoms with Crippen LogP contribution in [-0.4, -0.2) is 67.0 Å². The maximum absolute atomic E-state index is 12.6. The summed E-state index contributed by atoms with van der Waals surface area (Å²) in [5.74, 6) is 1.15. The van der Waals surface area contributed by atoms with Gasteiger partial charge in [-0.2, -0.15) is 0 Å². The molecule has 0 aliphatic carbocycles. The number of hydrogen-bond acceptors (Lipinski definition) is 5.